The van der Waals surface area contributed by atoms with Crippen LogP contribution < -0.4 is 0 Å². The molecular weight excluding hydrogens is 498 g/mol. The topological polar surface area (TPSA) is 49.9 Å². The highest BCUT2D eigenvalue weighted by atomic mass is 35.5. The first kappa shape index (κ1) is 26.2. The maximum atomic E-state index is 13.5. The molecule has 0 fully saturated rings. The number of hydrogen-bond acceptors (Lipinski definition) is 4. The van der Waals surface area contributed by atoms with Gasteiger partial charge < -0.3 is 14.5 Å². The van der Waals surface area contributed by atoms with E-state index in [4.69, 9.17) is 27.9 Å². The van der Waals surface area contributed by atoms with E-state index in [2.05, 4.69) is 0 Å². The first-order valence-corrected chi connectivity index (χ1v) is 12.2. The fraction of sp³-hybridized carbons (Fsp3) is 0.280. The highest BCUT2D eigenvalue weighted by Gasteiger charge is 2.24. The van der Waals surface area contributed by atoms with Crippen molar-refractivity contribution in [2.45, 2.75) is 20.0 Å². The smallest absolute Gasteiger partial charge is 0.255 e. The minimum Gasteiger partial charge on any atom is -0.383 e. The van der Waals surface area contributed by atoms with Crippen molar-refractivity contribution in [3.8, 4) is 0 Å². The molecule has 1 heterocycles. The number of carbonyl (C=O) groups excluding carboxylic acids is 2. The van der Waals surface area contributed by atoms with Crippen molar-refractivity contribution in [1.29, 1.82) is 0 Å². The highest BCUT2D eigenvalue weighted by Crippen LogP contribution is 2.23. The van der Waals surface area contributed by atoms with Crippen LogP contribution >= 0.6 is 34.5 Å². The Hall–Kier alpha value is -2.45. The van der Waals surface area contributed by atoms with Gasteiger partial charge in [0.2, 0.25) is 5.91 Å². The molecule has 0 aliphatic carbocycles. The summed E-state index contributed by atoms with van der Waals surface area (Å²) in [6.07, 6.45) is 0. The number of thiophene rings is 1. The van der Waals surface area contributed by atoms with Crippen LogP contribution in [0.1, 0.15) is 26.4 Å². The molecule has 0 aliphatic rings. The molecule has 1 aromatic heterocycles. The van der Waals surface area contributed by atoms with E-state index in [1.54, 1.807) is 40.5 Å². The molecule has 0 N–H and O–H groups in total. The summed E-state index contributed by atoms with van der Waals surface area (Å²) >= 11 is 13.8. The molecule has 34 heavy (non-hydrogen) atoms. The van der Waals surface area contributed by atoms with Gasteiger partial charge in [-0.1, -0.05) is 35.3 Å². The lowest BCUT2D eigenvalue weighted by atomic mass is 10.1. The zero-order valence-corrected chi connectivity index (χ0v) is 21.2. The number of amides is 2. The number of rotatable bonds is 10. The van der Waals surface area contributed by atoms with Gasteiger partial charge >= 0.3 is 0 Å². The Bertz CT molecular complexity index is 1140. The summed E-state index contributed by atoms with van der Waals surface area (Å²) < 4.78 is 18.5. The minimum atomic E-state index is -0.388. The van der Waals surface area contributed by atoms with E-state index in [0.29, 0.717) is 11.6 Å². The molecule has 3 rings (SSSR count). The Kier molecular flexibility index (Phi) is 9.47. The van der Waals surface area contributed by atoms with Crippen molar-refractivity contribution in [3.05, 3.63) is 91.3 Å². The van der Waals surface area contributed by atoms with Gasteiger partial charge in [-0.05, 0) is 59.8 Å². The van der Waals surface area contributed by atoms with Crippen LogP contribution in [0.3, 0.4) is 0 Å². The lowest BCUT2D eigenvalue weighted by Crippen LogP contribution is -2.43. The molecule has 5 nitrogen and oxygen atoms in total. The van der Waals surface area contributed by atoms with E-state index in [0.717, 1.165) is 16.0 Å². The van der Waals surface area contributed by atoms with Gasteiger partial charge in [-0.25, -0.2) is 4.39 Å². The van der Waals surface area contributed by atoms with Gasteiger partial charge in [0.25, 0.3) is 5.91 Å². The van der Waals surface area contributed by atoms with Crippen molar-refractivity contribution >= 4 is 46.4 Å². The molecule has 0 unspecified atom stereocenters. The molecule has 9 heteroatoms. The van der Waals surface area contributed by atoms with Gasteiger partial charge in [0.1, 0.15) is 12.4 Å². The second-order valence-corrected chi connectivity index (χ2v) is 9.59. The maximum absolute atomic E-state index is 13.5. The lowest BCUT2D eigenvalue weighted by Gasteiger charge is -2.28. The van der Waals surface area contributed by atoms with Gasteiger partial charge in [0, 0.05) is 30.1 Å². The van der Waals surface area contributed by atoms with Crippen LogP contribution in [0.2, 0.25) is 10.0 Å². The Morgan fingerprint density at radius 3 is 2.38 bits per heavy atom. The van der Waals surface area contributed by atoms with Crippen molar-refractivity contribution < 1.29 is 18.7 Å². The lowest BCUT2D eigenvalue weighted by molar-refractivity contribution is -0.133. The van der Waals surface area contributed by atoms with E-state index < -0.39 is 0 Å². The number of hydrogen-bond donors (Lipinski definition) is 0. The zero-order chi connectivity index (χ0) is 24.7. The first-order valence-electron chi connectivity index (χ1n) is 10.6. The maximum Gasteiger partial charge on any atom is 0.255 e. The van der Waals surface area contributed by atoms with Gasteiger partial charge in [-0.2, -0.15) is 0 Å². The summed E-state index contributed by atoms with van der Waals surface area (Å²) in [6, 6.07) is 12.7. The quantitative estimate of drug-likeness (QED) is 0.337. The number of methoxy groups -OCH3 is 1. The van der Waals surface area contributed by atoms with E-state index >= 15 is 0 Å². The van der Waals surface area contributed by atoms with Crippen molar-refractivity contribution in [3.63, 3.8) is 0 Å². The average Bonchev–Trinajstić information content (AvgIpc) is 3.21. The molecule has 0 bridgehead atoms. The summed E-state index contributed by atoms with van der Waals surface area (Å²) in [5, 5.41) is 2.60. The van der Waals surface area contributed by atoms with Crippen molar-refractivity contribution in [2.24, 2.45) is 0 Å². The number of carbonyl (C=O) groups is 2. The molecule has 0 saturated heterocycles. The van der Waals surface area contributed by atoms with E-state index in [-0.39, 0.29) is 54.5 Å². The third kappa shape index (κ3) is 7.03. The summed E-state index contributed by atoms with van der Waals surface area (Å²) in [5.74, 6) is -0.973. The zero-order valence-electron chi connectivity index (χ0n) is 18.9. The van der Waals surface area contributed by atoms with Gasteiger partial charge in [0.05, 0.1) is 23.7 Å². The predicted octanol–water partition coefficient (Wildman–Crippen LogP) is 5.82. The molecule has 0 spiro atoms. The third-order valence-electron chi connectivity index (χ3n) is 5.28. The van der Waals surface area contributed by atoms with Crippen LogP contribution in [0.25, 0.3) is 0 Å². The number of ether oxygens (including phenoxy) is 1. The highest BCUT2D eigenvalue weighted by molar-refractivity contribution is 7.10. The molecule has 180 valence electrons. The number of nitrogens with zero attached hydrogens (tertiary/aromatic N) is 2. The number of aryl methyl sites for hydroxylation is 1. The standard InChI is InChI=1S/C25H25Cl2FN2O3S/c1-17-9-12-34-23(17)15-30(14-18-3-6-20(28)7-4-18)24(31)16-29(10-11-33-2)25(32)21-8-5-19(26)13-22(21)27/h3-9,12-13H,10-11,14-16H2,1-2H3. The monoisotopic (exact) mass is 522 g/mol. The molecule has 2 aromatic carbocycles. The van der Waals surface area contributed by atoms with Crippen molar-refractivity contribution in [1.82, 2.24) is 9.80 Å². The molecule has 2 amide bonds. The Morgan fingerprint density at radius 1 is 1.03 bits per heavy atom. The van der Waals surface area contributed by atoms with Crippen LogP contribution in [0.15, 0.2) is 53.9 Å². The Morgan fingerprint density at radius 2 is 1.76 bits per heavy atom. The van der Waals surface area contributed by atoms with Crippen LogP contribution in [0.4, 0.5) is 4.39 Å². The van der Waals surface area contributed by atoms with Gasteiger partial charge in [0.15, 0.2) is 0 Å². The third-order valence-corrected chi connectivity index (χ3v) is 6.84. The molecule has 0 radical (unpaired) electrons. The van der Waals surface area contributed by atoms with Crippen LogP contribution in [-0.4, -0.2) is 48.4 Å². The molecule has 3 aromatic rings. The molecular formula is C25H25Cl2FN2O3S. The fourth-order valence-corrected chi connectivity index (χ4v) is 4.74. The molecule has 0 aliphatic heterocycles. The average molecular weight is 523 g/mol. The number of benzene rings is 2. The fourth-order valence-electron chi connectivity index (χ4n) is 3.33. The van der Waals surface area contributed by atoms with E-state index in [1.165, 1.54) is 30.2 Å². The minimum absolute atomic E-state index is 0.160. The summed E-state index contributed by atoms with van der Waals surface area (Å²) in [6.45, 7) is 2.96. The van der Waals surface area contributed by atoms with E-state index in [9.17, 15) is 14.0 Å². The second kappa shape index (κ2) is 12.3. The predicted molar refractivity (Wildman–Crippen MR) is 134 cm³/mol. The SMILES string of the molecule is COCCN(CC(=O)N(Cc1ccc(F)cc1)Cc1sccc1C)C(=O)c1ccc(Cl)cc1Cl. The van der Waals surface area contributed by atoms with Crippen molar-refractivity contribution in [2.75, 3.05) is 26.8 Å². The van der Waals surface area contributed by atoms with Crippen LogP contribution in [0.5, 0.6) is 0 Å². The summed E-state index contributed by atoms with van der Waals surface area (Å²) in [4.78, 5) is 30.8. The normalized spacial score (nSPS) is 10.9. The van der Waals surface area contributed by atoms with Crippen LogP contribution in [0, 0.1) is 12.7 Å². The van der Waals surface area contributed by atoms with Gasteiger partial charge in [-0.3, -0.25) is 9.59 Å². The van der Waals surface area contributed by atoms with Gasteiger partial charge in [-0.15, -0.1) is 11.3 Å². The molecule has 0 saturated carbocycles. The summed E-state index contributed by atoms with van der Waals surface area (Å²) in [5.41, 5.74) is 2.13. The molecule has 0 atom stereocenters. The summed E-state index contributed by atoms with van der Waals surface area (Å²) in [7, 11) is 1.53. The van der Waals surface area contributed by atoms with Crippen LogP contribution in [-0.2, 0) is 22.6 Å². The largest absolute Gasteiger partial charge is 0.383 e. The number of halogens is 3. The van der Waals surface area contributed by atoms with E-state index in [1.807, 2.05) is 18.4 Å². The second-order valence-electron chi connectivity index (χ2n) is 7.75. The Balaban J connectivity index is 1.84. The Labute approximate surface area is 212 Å². The first-order chi connectivity index (χ1) is 16.3.